The molecule has 0 saturated carbocycles. The van der Waals surface area contributed by atoms with E-state index in [1.807, 2.05) is 19.1 Å². The molecule has 0 fully saturated rings. The number of nitrogens with one attached hydrogen (secondary N) is 2. The molecule has 0 saturated heterocycles. The lowest BCUT2D eigenvalue weighted by molar-refractivity contribution is 0.0942. The van der Waals surface area contributed by atoms with Crippen LogP contribution in [0.25, 0.3) is 22.2 Å². The molecule has 0 atom stereocenters. The van der Waals surface area contributed by atoms with E-state index < -0.39 is 0 Å². The summed E-state index contributed by atoms with van der Waals surface area (Å²) in [4.78, 5) is 19.6. The molecule has 4 rings (SSSR count). The van der Waals surface area contributed by atoms with Gasteiger partial charge in [0.15, 0.2) is 0 Å². The van der Waals surface area contributed by atoms with E-state index in [0.29, 0.717) is 12.2 Å². The van der Waals surface area contributed by atoms with Crippen molar-refractivity contribution >= 4 is 16.8 Å². The topological polar surface area (TPSA) is 62.7 Å². The maximum atomic E-state index is 13.2. The standard InChI is InChI=1S/C21H19FN4O/c1-13-17-9-14(10-24-21(27)19-11-23-12-26(19)2)3-8-18(17)25-20(13)15-4-6-16(22)7-5-15/h3-9,11-12,25H,10H2,1-2H3,(H,24,27). The zero-order valence-corrected chi connectivity index (χ0v) is 15.1. The molecule has 0 spiro atoms. The van der Waals surface area contributed by atoms with Crippen molar-refractivity contribution in [2.24, 2.45) is 7.05 Å². The molecule has 2 heterocycles. The molecule has 2 aromatic heterocycles. The van der Waals surface area contributed by atoms with Gasteiger partial charge >= 0.3 is 0 Å². The second-order valence-electron chi connectivity index (χ2n) is 6.58. The maximum absolute atomic E-state index is 13.2. The summed E-state index contributed by atoms with van der Waals surface area (Å²) in [7, 11) is 1.79. The number of hydrogen-bond donors (Lipinski definition) is 2. The fourth-order valence-corrected chi connectivity index (χ4v) is 3.24. The van der Waals surface area contributed by atoms with Gasteiger partial charge in [0.25, 0.3) is 5.91 Å². The van der Waals surface area contributed by atoms with Gasteiger partial charge in [-0.05, 0) is 60.0 Å². The van der Waals surface area contributed by atoms with E-state index in [4.69, 9.17) is 0 Å². The molecule has 1 amide bonds. The van der Waals surface area contributed by atoms with Crippen molar-refractivity contribution < 1.29 is 9.18 Å². The van der Waals surface area contributed by atoms with Crippen molar-refractivity contribution in [3.05, 3.63) is 77.6 Å². The molecule has 6 heteroatoms. The molecule has 2 aromatic carbocycles. The molecule has 0 aliphatic heterocycles. The zero-order valence-electron chi connectivity index (χ0n) is 15.1. The summed E-state index contributed by atoms with van der Waals surface area (Å²) in [6.45, 7) is 2.46. The Balaban J connectivity index is 1.59. The number of imidazole rings is 1. The number of aromatic amines is 1. The van der Waals surface area contributed by atoms with Crippen LogP contribution >= 0.6 is 0 Å². The van der Waals surface area contributed by atoms with E-state index in [9.17, 15) is 9.18 Å². The molecule has 0 aliphatic carbocycles. The summed E-state index contributed by atoms with van der Waals surface area (Å²) in [5.41, 5.74) is 5.54. The number of carbonyl (C=O) groups is 1. The number of aryl methyl sites for hydroxylation is 2. The summed E-state index contributed by atoms with van der Waals surface area (Å²) >= 11 is 0. The lowest BCUT2D eigenvalue weighted by Gasteiger charge is -2.06. The van der Waals surface area contributed by atoms with Crippen molar-refractivity contribution in [2.75, 3.05) is 0 Å². The van der Waals surface area contributed by atoms with E-state index in [2.05, 4.69) is 21.4 Å². The third kappa shape index (κ3) is 3.21. The minimum atomic E-state index is -0.251. The third-order valence-electron chi connectivity index (χ3n) is 4.76. The Morgan fingerprint density at radius 1 is 1.22 bits per heavy atom. The van der Waals surface area contributed by atoms with Crippen molar-refractivity contribution in [1.82, 2.24) is 19.9 Å². The zero-order chi connectivity index (χ0) is 19.0. The number of benzene rings is 2. The molecule has 4 aromatic rings. The van der Waals surface area contributed by atoms with Gasteiger partial charge in [-0.2, -0.15) is 0 Å². The number of aromatic nitrogens is 3. The fraction of sp³-hybridized carbons (Fsp3) is 0.143. The predicted octanol–water partition coefficient (Wildman–Crippen LogP) is 3.95. The quantitative estimate of drug-likeness (QED) is 0.577. The highest BCUT2D eigenvalue weighted by molar-refractivity contribution is 5.93. The van der Waals surface area contributed by atoms with Crippen LogP contribution in [0, 0.1) is 12.7 Å². The van der Waals surface area contributed by atoms with Crippen molar-refractivity contribution in [3.63, 3.8) is 0 Å². The molecule has 0 bridgehead atoms. The minimum Gasteiger partial charge on any atom is -0.354 e. The second-order valence-corrected chi connectivity index (χ2v) is 6.58. The van der Waals surface area contributed by atoms with Crippen LogP contribution in [0.15, 0.2) is 55.0 Å². The van der Waals surface area contributed by atoms with Gasteiger partial charge in [0.05, 0.1) is 12.5 Å². The first-order valence-electron chi connectivity index (χ1n) is 8.64. The van der Waals surface area contributed by atoms with Crippen molar-refractivity contribution in [2.45, 2.75) is 13.5 Å². The summed E-state index contributed by atoms with van der Waals surface area (Å²) in [5.74, 6) is -0.410. The van der Waals surface area contributed by atoms with E-state index in [1.165, 1.54) is 12.1 Å². The number of carbonyl (C=O) groups excluding carboxylic acids is 1. The Bertz CT molecular complexity index is 1130. The summed E-state index contributed by atoms with van der Waals surface area (Å²) in [6, 6.07) is 12.5. The van der Waals surface area contributed by atoms with Gasteiger partial charge in [-0.15, -0.1) is 0 Å². The lowest BCUT2D eigenvalue weighted by atomic mass is 10.0. The highest BCUT2D eigenvalue weighted by atomic mass is 19.1. The smallest absolute Gasteiger partial charge is 0.269 e. The average molecular weight is 362 g/mol. The normalized spacial score (nSPS) is 11.1. The molecule has 0 radical (unpaired) electrons. The minimum absolute atomic E-state index is 0.159. The molecular formula is C21H19FN4O. The van der Waals surface area contributed by atoms with Crippen molar-refractivity contribution in [1.29, 1.82) is 0 Å². The Labute approximate surface area is 155 Å². The summed E-state index contributed by atoms with van der Waals surface area (Å²) < 4.78 is 14.9. The Morgan fingerprint density at radius 2 is 2.00 bits per heavy atom. The number of nitrogens with zero attached hydrogens (tertiary/aromatic N) is 2. The number of amides is 1. The highest BCUT2D eigenvalue weighted by Crippen LogP contribution is 2.30. The molecule has 2 N–H and O–H groups in total. The molecule has 27 heavy (non-hydrogen) atoms. The van der Waals surface area contributed by atoms with Crippen LogP contribution < -0.4 is 5.32 Å². The number of rotatable bonds is 4. The highest BCUT2D eigenvalue weighted by Gasteiger charge is 2.12. The van der Waals surface area contributed by atoms with Gasteiger partial charge in [0.2, 0.25) is 0 Å². The Kier molecular flexibility index (Phi) is 4.24. The van der Waals surface area contributed by atoms with Crippen LogP contribution in [-0.4, -0.2) is 20.4 Å². The molecule has 0 unspecified atom stereocenters. The van der Waals surface area contributed by atoms with Crippen LogP contribution in [0.5, 0.6) is 0 Å². The van der Waals surface area contributed by atoms with Gasteiger partial charge in [-0.1, -0.05) is 6.07 Å². The monoisotopic (exact) mass is 362 g/mol. The van der Waals surface area contributed by atoms with Gasteiger partial charge in [0.1, 0.15) is 11.5 Å². The third-order valence-corrected chi connectivity index (χ3v) is 4.76. The van der Waals surface area contributed by atoms with Gasteiger partial charge in [-0.25, -0.2) is 9.37 Å². The number of H-pyrrole nitrogens is 1. The second kappa shape index (κ2) is 6.72. The van der Waals surface area contributed by atoms with Crippen LogP contribution in [0.2, 0.25) is 0 Å². The molecule has 0 aliphatic rings. The molecular weight excluding hydrogens is 343 g/mol. The SMILES string of the molecule is Cc1c(-c2ccc(F)cc2)[nH]c2ccc(CNC(=O)c3cncn3C)cc12. The average Bonchev–Trinajstić information content (AvgIpc) is 3.24. The number of hydrogen-bond acceptors (Lipinski definition) is 2. The number of halogens is 1. The van der Waals surface area contributed by atoms with E-state index in [-0.39, 0.29) is 11.7 Å². The first kappa shape index (κ1) is 17.0. The van der Waals surface area contributed by atoms with Crippen LogP contribution in [0.4, 0.5) is 4.39 Å². The van der Waals surface area contributed by atoms with Crippen LogP contribution in [0.3, 0.4) is 0 Å². The van der Waals surface area contributed by atoms with Gasteiger partial charge in [-0.3, -0.25) is 4.79 Å². The van der Waals surface area contributed by atoms with E-state index in [1.54, 1.807) is 36.3 Å². The first-order valence-corrected chi connectivity index (χ1v) is 8.64. The number of fused-ring (bicyclic) bond motifs is 1. The Morgan fingerprint density at radius 3 is 2.70 bits per heavy atom. The summed E-state index contributed by atoms with van der Waals surface area (Å²) in [5, 5.41) is 4.00. The van der Waals surface area contributed by atoms with Crippen LogP contribution in [0.1, 0.15) is 21.6 Å². The van der Waals surface area contributed by atoms with Gasteiger partial charge < -0.3 is 14.9 Å². The lowest BCUT2D eigenvalue weighted by Crippen LogP contribution is -2.24. The molecule has 5 nitrogen and oxygen atoms in total. The Hall–Kier alpha value is -3.41. The molecule has 136 valence electrons. The first-order chi connectivity index (χ1) is 13.0. The van der Waals surface area contributed by atoms with Crippen LogP contribution in [-0.2, 0) is 13.6 Å². The van der Waals surface area contributed by atoms with E-state index >= 15 is 0 Å². The fourth-order valence-electron chi connectivity index (χ4n) is 3.24. The summed E-state index contributed by atoms with van der Waals surface area (Å²) in [6.07, 6.45) is 3.14. The van der Waals surface area contributed by atoms with Crippen molar-refractivity contribution in [3.8, 4) is 11.3 Å². The predicted molar refractivity (Wildman–Crippen MR) is 103 cm³/mol. The van der Waals surface area contributed by atoms with Gasteiger partial charge in [0, 0.05) is 30.2 Å². The largest absolute Gasteiger partial charge is 0.354 e. The van der Waals surface area contributed by atoms with E-state index in [0.717, 1.165) is 33.3 Å². The maximum Gasteiger partial charge on any atom is 0.269 e.